The summed E-state index contributed by atoms with van der Waals surface area (Å²) in [5.74, 6) is 1.21. The summed E-state index contributed by atoms with van der Waals surface area (Å²) in [5, 5.41) is 6.97. The smallest absolute Gasteiger partial charge is 0.253 e. The SMILES string of the molecule is CCC(=O)Nc1cccc(-c2noc(C3CCN(C(=O)c4ccc(Br)cc4)CC3)n2)c1. The molecule has 0 bridgehead atoms. The molecule has 1 N–H and O–H groups in total. The maximum absolute atomic E-state index is 12.7. The third kappa shape index (κ3) is 5.02. The zero-order valence-corrected chi connectivity index (χ0v) is 18.8. The van der Waals surface area contributed by atoms with E-state index in [0.717, 1.165) is 22.9 Å². The van der Waals surface area contributed by atoms with Crippen molar-refractivity contribution < 1.29 is 14.1 Å². The monoisotopic (exact) mass is 482 g/mol. The summed E-state index contributed by atoms with van der Waals surface area (Å²) >= 11 is 3.39. The highest BCUT2D eigenvalue weighted by atomic mass is 79.9. The number of amides is 2. The van der Waals surface area contributed by atoms with Crippen LogP contribution in [0.2, 0.25) is 0 Å². The number of carbonyl (C=O) groups is 2. The number of hydrogen-bond acceptors (Lipinski definition) is 5. The van der Waals surface area contributed by atoms with Crippen LogP contribution in [-0.4, -0.2) is 39.9 Å². The van der Waals surface area contributed by atoms with Crippen LogP contribution in [-0.2, 0) is 4.79 Å². The Morgan fingerprint density at radius 3 is 2.61 bits per heavy atom. The van der Waals surface area contributed by atoms with Crippen molar-refractivity contribution >= 4 is 33.4 Å². The second-order valence-electron chi connectivity index (χ2n) is 7.51. The van der Waals surface area contributed by atoms with Crippen molar-refractivity contribution in [2.75, 3.05) is 18.4 Å². The first-order valence-corrected chi connectivity index (χ1v) is 11.1. The van der Waals surface area contributed by atoms with Crippen molar-refractivity contribution in [2.24, 2.45) is 0 Å². The molecule has 7 nitrogen and oxygen atoms in total. The zero-order chi connectivity index (χ0) is 21.8. The quantitative estimate of drug-likeness (QED) is 0.560. The van der Waals surface area contributed by atoms with Crippen LogP contribution < -0.4 is 5.32 Å². The molecule has 2 amide bonds. The summed E-state index contributed by atoms with van der Waals surface area (Å²) in [6, 6.07) is 14.8. The molecular formula is C23H23BrN4O3. The van der Waals surface area contributed by atoms with Crippen molar-refractivity contribution in [2.45, 2.75) is 32.1 Å². The van der Waals surface area contributed by atoms with Crippen LogP contribution in [0.3, 0.4) is 0 Å². The van der Waals surface area contributed by atoms with Crippen LogP contribution in [0.25, 0.3) is 11.4 Å². The van der Waals surface area contributed by atoms with Crippen LogP contribution in [0.1, 0.15) is 48.4 Å². The number of rotatable bonds is 5. The zero-order valence-electron chi connectivity index (χ0n) is 17.2. The first-order chi connectivity index (χ1) is 15.0. The molecule has 2 aromatic carbocycles. The summed E-state index contributed by atoms with van der Waals surface area (Å²) < 4.78 is 6.49. The number of nitrogens with one attached hydrogen (secondary N) is 1. The molecule has 8 heteroatoms. The molecule has 0 saturated carbocycles. The average molecular weight is 483 g/mol. The van der Waals surface area contributed by atoms with Gasteiger partial charge in [-0.05, 0) is 49.2 Å². The molecule has 0 atom stereocenters. The van der Waals surface area contributed by atoms with Gasteiger partial charge in [-0.15, -0.1) is 0 Å². The summed E-state index contributed by atoms with van der Waals surface area (Å²) in [5.41, 5.74) is 2.18. The average Bonchev–Trinajstić information content (AvgIpc) is 3.30. The van der Waals surface area contributed by atoms with E-state index in [2.05, 4.69) is 31.4 Å². The molecule has 1 saturated heterocycles. The highest BCUT2D eigenvalue weighted by molar-refractivity contribution is 9.10. The van der Waals surface area contributed by atoms with Crippen LogP contribution >= 0.6 is 15.9 Å². The van der Waals surface area contributed by atoms with Crippen LogP contribution in [0, 0.1) is 0 Å². The summed E-state index contributed by atoms with van der Waals surface area (Å²) in [6.07, 6.45) is 1.96. The van der Waals surface area contributed by atoms with Gasteiger partial charge in [-0.3, -0.25) is 9.59 Å². The lowest BCUT2D eigenvalue weighted by atomic mass is 9.96. The minimum Gasteiger partial charge on any atom is -0.339 e. The fraction of sp³-hybridized carbons (Fsp3) is 0.304. The lowest BCUT2D eigenvalue weighted by Crippen LogP contribution is -2.37. The Morgan fingerprint density at radius 2 is 1.90 bits per heavy atom. The van der Waals surface area contributed by atoms with E-state index in [1.54, 1.807) is 0 Å². The number of carbonyl (C=O) groups excluding carboxylic acids is 2. The number of piperidine rings is 1. The van der Waals surface area contributed by atoms with Gasteiger partial charge >= 0.3 is 0 Å². The van der Waals surface area contributed by atoms with Crippen molar-refractivity contribution in [1.82, 2.24) is 15.0 Å². The third-order valence-corrected chi connectivity index (χ3v) is 5.92. The van der Waals surface area contributed by atoms with Gasteiger partial charge in [-0.25, -0.2) is 0 Å². The maximum Gasteiger partial charge on any atom is 0.253 e. The molecule has 1 aliphatic rings. The van der Waals surface area contributed by atoms with E-state index in [9.17, 15) is 9.59 Å². The molecule has 0 aliphatic carbocycles. The summed E-state index contributed by atoms with van der Waals surface area (Å²) in [4.78, 5) is 30.8. The van der Waals surface area contributed by atoms with Gasteiger partial charge in [0, 0.05) is 46.7 Å². The molecule has 31 heavy (non-hydrogen) atoms. The molecule has 0 spiro atoms. The van der Waals surface area contributed by atoms with Gasteiger partial charge < -0.3 is 14.7 Å². The van der Waals surface area contributed by atoms with Gasteiger partial charge in [0.2, 0.25) is 17.6 Å². The number of aromatic nitrogens is 2. The van der Waals surface area contributed by atoms with Crippen molar-refractivity contribution in [1.29, 1.82) is 0 Å². The minimum atomic E-state index is -0.0459. The molecule has 1 aromatic heterocycles. The van der Waals surface area contributed by atoms with E-state index in [4.69, 9.17) is 4.52 Å². The molecule has 160 valence electrons. The van der Waals surface area contributed by atoms with Gasteiger partial charge in [0.25, 0.3) is 5.91 Å². The fourth-order valence-corrected chi connectivity index (χ4v) is 3.87. The first-order valence-electron chi connectivity index (χ1n) is 10.3. The number of likely N-dealkylation sites (tertiary alicyclic amines) is 1. The Bertz CT molecular complexity index is 1070. The second-order valence-corrected chi connectivity index (χ2v) is 8.43. The molecule has 4 rings (SSSR count). The van der Waals surface area contributed by atoms with Gasteiger partial charge in [0.05, 0.1) is 0 Å². The van der Waals surface area contributed by atoms with Gasteiger partial charge in [-0.1, -0.05) is 40.1 Å². The summed E-state index contributed by atoms with van der Waals surface area (Å²) in [7, 11) is 0. The second kappa shape index (κ2) is 9.43. The lowest BCUT2D eigenvalue weighted by Gasteiger charge is -2.30. The topological polar surface area (TPSA) is 88.3 Å². The molecular weight excluding hydrogens is 460 g/mol. The Hall–Kier alpha value is -3.00. The summed E-state index contributed by atoms with van der Waals surface area (Å²) in [6.45, 7) is 3.11. The maximum atomic E-state index is 12.7. The van der Waals surface area contributed by atoms with E-state index >= 15 is 0 Å². The Balaban J connectivity index is 1.39. The Labute approximate surface area is 189 Å². The van der Waals surface area contributed by atoms with Crippen LogP contribution in [0.4, 0.5) is 5.69 Å². The van der Waals surface area contributed by atoms with Crippen molar-refractivity contribution in [3.63, 3.8) is 0 Å². The highest BCUT2D eigenvalue weighted by Gasteiger charge is 2.28. The Kier molecular flexibility index (Phi) is 6.46. The van der Waals surface area contributed by atoms with E-state index in [0.29, 0.717) is 42.5 Å². The van der Waals surface area contributed by atoms with Crippen LogP contribution in [0.5, 0.6) is 0 Å². The standard InChI is InChI=1S/C23H23BrN4O3/c1-2-20(29)25-19-5-3-4-17(14-19)21-26-22(31-27-21)15-10-12-28(13-11-15)23(30)16-6-8-18(24)9-7-16/h3-9,14-15H,2,10-13H2,1H3,(H,25,29). The predicted octanol–water partition coefficient (Wildman–Crippen LogP) is 4.87. The van der Waals surface area contributed by atoms with Crippen molar-refractivity contribution in [3.8, 4) is 11.4 Å². The number of nitrogens with zero attached hydrogens (tertiary/aromatic N) is 3. The van der Waals surface area contributed by atoms with Gasteiger partial charge in [-0.2, -0.15) is 4.98 Å². The minimum absolute atomic E-state index is 0.0445. The predicted molar refractivity (Wildman–Crippen MR) is 121 cm³/mol. The number of anilines is 1. The molecule has 3 aromatic rings. The highest BCUT2D eigenvalue weighted by Crippen LogP contribution is 2.30. The van der Waals surface area contributed by atoms with Gasteiger partial charge in [0.15, 0.2) is 0 Å². The van der Waals surface area contributed by atoms with E-state index < -0.39 is 0 Å². The molecule has 1 aliphatic heterocycles. The number of benzene rings is 2. The largest absolute Gasteiger partial charge is 0.339 e. The van der Waals surface area contributed by atoms with E-state index in [1.165, 1.54) is 0 Å². The first kappa shape index (κ1) is 21.2. The molecule has 0 unspecified atom stereocenters. The molecule has 1 fully saturated rings. The molecule has 2 heterocycles. The van der Waals surface area contributed by atoms with E-state index in [1.807, 2.05) is 60.4 Å². The number of hydrogen-bond donors (Lipinski definition) is 1. The van der Waals surface area contributed by atoms with Gasteiger partial charge in [0.1, 0.15) is 0 Å². The normalized spacial score (nSPS) is 14.5. The fourth-order valence-electron chi connectivity index (χ4n) is 3.61. The number of halogens is 1. The van der Waals surface area contributed by atoms with E-state index in [-0.39, 0.29) is 17.7 Å². The third-order valence-electron chi connectivity index (χ3n) is 5.39. The molecule has 0 radical (unpaired) electrons. The Morgan fingerprint density at radius 1 is 1.16 bits per heavy atom. The van der Waals surface area contributed by atoms with Crippen LogP contribution in [0.15, 0.2) is 57.5 Å². The van der Waals surface area contributed by atoms with Crippen molar-refractivity contribution in [3.05, 3.63) is 64.5 Å². The lowest BCUT2D eigenvalue weighted by molar-refractivity contribution is -0.115.